The highest BCUT2D eigenvalue weighted by Gasteiger charge is 2.13. The van der Waals surface area contributed by atoms with Crippen molar-refractivity contribution in [1.82, 2.24) is 9.97 Å². The topological polar surface area (TPSA) is 35.0 Å². The number of ether oxygens (including phenoxy) is 1. The number of hydrogen-bond acceptors (Lipinski definition) is 3. The first-order valence-corrected chi connectivity index (χ1v) is 6.73. The third-order valence-corrected chi connectivity index (χ3v) is 3.72. The van der Waals surface area contributed by atoms with Gasteiger partial charge in [-0.1, -0.05) is 46.4 Å². The van der Waals surface area contributed by atoms with Crippen LogP contribution in [0.15, 0.2) is 12.1 Å². The Morgan fingerprint density at radius 2 is 1.53 bits per heavy atom. The van der Waals surface area contributed by atoms with Crippen LogP contribution in [0.5, 0.6) is 11.6 Å². The molecule has 0 spiro atoms. The van der Waals surface area contributed by atoms with E-state index in [2.05, 4.69) is 9.97 Å². The molecule has 7 heteroatoms. The molecule has 0 unspecified atom stereocenters. The Morgan fingerprint density at radius 3 is 2.21 bits per heavy atom. The van der Waals surface area contributed by atoms with Crippen molar-refractivity contribution in [3.63, 3.8) is 0 Å². The Morgan fingerprint density at radius 1 is 0.895 bits per heavy atom. The molecule has 2 aromatic rings. The van der Waals surface area contributed by atoms with E-state index in [4.69, 9.17) is 51.1 Å². The zero-order valence-corrected chi connectivity index (χ0v) is 13.0. The van der Waals surface area contributed by atoms with Crippen molar-refractivity contribution in [3.8, 4) is 11.6 Å². The van der Waals surface area contributed by atoms with E-state index in [9.17, 15) is 0 Å². The second-order valence-electron chi connectivity index (χ2n) is 3.79. The molecule has 100 valence electrons. The first kappa shape index (κ1) is 14.7. The summed E-state index contributed by atoms with van der Waals surface area (Å²) in [7, 11) is 0. The van der Waals surface area contributed by atoms with Crippen molar-refractivity contribution in [3.05, 3.63) is 43.7 Å². The fourth-order valence-electron chi connectivity index (χ4n) is 1.36. The summed E-state index contributed by atoms with van der Waals surface area (Å²) in [4.78, 5) is 8.19. The molecule has 0 saturated carbocycles. The summed E-state index contributed by atoms with van der Waals surface area (Å²) in [5.41, 5.74) is 0.620. The molecule has 0 amide bonds. The van der Waals surface area contributed by atoms with Gasteiger partial charge in [-0.3, -0.25) is 0 Å². The van der Waals surface area contributed by atoms with Crippen LogP contribution in [0.25, 0.3) is 0 Å². The molecule has 0 bridgehead atoms. The molecule has 1 aromatic heterocycles. The van der Waals surface area contributed by atoms with Gasteiger partial charge in [-0.25, -0.2) is 4.98 Å². The zero-order valence-electron chi connectivity index (χ0n) is 9.97. The zero-order chi connectivity index (χ0) is 14.2. The molecule has 0 aliphatic heterocycles. The van der Waals surface area contributed by atoms with E-state index in [0.29, 0.717) is 43.2 Å². The summed E-state index contributed by atoms with van der Waals surface area (Å²) >= 11 is 23.8. The van der Waals surface area contributed by atoms with Crippen LogP contribution < -0.4 is 4.74 Å². The summed E-state index contributed by atoms with van der Waals surface area (Å²) in [5.74, 6) is 1.19. The van der Waals surface area contributed by atoms with E-state index in [0.717, 1.165) is 0 Å². The van der Waals surface area contributed by atoms with Gasteiger partial charge in [-0.15, -0.1) is 0 Å². The normalized spacial score (nSPS) is 10.6. The van der Waals surface area contributed by atoms with Crippen LogP contribution in [-0.4, -0.2) is 9.97 Å². The van der Waals surface area contributed by atoms with Gasteiger partial charge in [0.2, 0.25) is 5.88 Å². The Kier molecular flexibility index (Phi) is 4.41. The lowest BCUT2D eigenvalue weighted by Crippen LogP contribution is -1.98. The van der Waals surface area contributed by atoms with Gasteiger partial charge in [0.15, 0.2) is 0 Å². The van der Waals surface area contributed by atoms with Crippen molar-refractivity contribution in [2.24, 2.45) is 0 Å². The molecule has 0 fully saturated rings. The van der Waals surface area contributed by atoms with Crippen molar-refractivity contribution in [1.29, 1.82) is 0 Å². The van der Waals surface area contributed by atoms with E-state index in [1.54, 1.807) is 13.8 Å². The predicted molar refractivity (Wildman–Crippen MR) is 78.1 cm³/mol. The maximum atomic E-state index is 6.04. The number of hydrogen-bond donors (Lipinski definition) is 0. The maximum Gasteiger partial charge on any atom is 0.227 e. The first-order chi connectivity index (χ1) is 8.88. The Labute approximate surface area is 130 Å². The van der Waals surface area contributed by atoms with Crippen molar-refractivity contribution in [2.75, 3.05) is 0 Å². The van der Waals surface area contributed by atoms with Crippen LogP contribution in [0.2, 0.25) is 20.2 Å². The van der Waals surface area contributed by atoms with Gasteiger partial charge in [0.1, 0.15) is 16.7 Å². The Bertz CT molecular complexity index is 646. The molecular weight excluding hydrogens is 330 g/mol. The van der Waals surface area contributed by atoms with Gasteiger partial charge in [0.25, 0.3) is 0 Å². The van der Waals surface area contributed by atoms with E-state index < -0.39 is 0 Å². The number of rotatable bonds is 2. The van der Waals surface area contributed by atoms with Crippen LogP contribution in [0.3, 0.4) is 0 Å². The molecule has 0 saturated heterocycles. The Hall–Kier alpha value is -0.740. The van der Waals surface area contributed by atoms with E-state index in [1.807, 2.05) is 0 Å². The summed E-state index contributed by atoms with van der Waals surface area (Å²) in [5, 5.41) is 1.36. The van der Waals surface area contributed by atoms with Crippen LogP contribution in [0.4, 0.5) is 0 Å². The monoisotopic (exact) mass is 336 g/mol. The molecule has 19 heavy (non-hydrogen) atoms. The maximum absolute atomic E-state index is 6.04. The van der Waals surface area contributed by atoms with Gasteiger partial charge in [-0.2, -0.15) is 4.98 Å². The quantitative estimate of drug-likeness (QED) is 0.536. The van der Waals surface area contributed by atoms with Crippen LogP contribution in [-0.2, 0) is 0 Å². The van der Waals surface area contributed by atoms with Gasteiger partial charge in [0, 0.05) is 11.6 Å². The largest absolute Gasteiger partial charge is 0.437 e. The van der Waals surface area contributed by atoms with E-state index in [-0.39, 0.29) is 0 Å². The fourth-order valence-corrected chi connectivity index (χ4v) is 2.13. The molecule has 0 radical (unpaired) electrons. The van der Waals surface area contributed by atoms with Crippen molar-refractivity contribution in [2.45, 2.75) is 13.8 Å². The standard InChI is InChI=1S/C12H8Cl4N2O/c1-5-11(16)17-6(2)18-12(5)19-10-4-8(14)7(13)3-9(10)15/h3-4H,1-2H3. The Balaban J connectivity index is 2.44. The molecule has 1 heterocycles. The minimum absolute atomic E-state index is 0.331. The van der Waals surface area contributed by atoms with Gasteiger partial charge >= 0.3 is 0 Å². The lowest BCUT2D eigenvalue weighted by molar-refractivity contribution is 0.456. The highest BCUT2D eigenvalue weighted by molar-refractivity contribution is 6.43. The number of benzene rings is 1. The molecular formula is C12H8Cl4N2O. The number of aryl methyl sites for hydroxylation is 1. The highest BCUT2D eigenvalue weighted by Crippen LogP contribution is 2.37. The summed E-state index contributed by atoms with van der Waals surface area (Å²) in [6.45, 7) is 3.47. The van der Waals surface area contributed by atoms with Crippen LogP contribution in [0.1, 0.15) is 11.4 Å². The van der Waals surface area contributed by atoms with Gasteiger partial charge in [0.05, 0.1) is 15.1 Å². The summed E-state index contributed by atoms with van der Waals surface area (Å²) in [6, 6.07) is 3.03. The lowest BCUT2D eigenvalue weighted by atomic mass is 10.3. The smallest absolute Gasteiger partial charge is 0.227 e. The second-order valence-corrected chi connectivity index (χ2v) is 5.37. The molecule has 1 aromatic carbocycles. The molecule has 0 N–H and O–H groups in total. The average molecular weight is 338 g/mol. The van der Waals surface area contributed by atoms with E-state index >= 15 is 0 Å². The third-order valence-electron chi connectivity index (χ3n) is 2.33. The summed E-state index contributed by atoms with van der Waals surface area (Å²) in [6.07, 6.45) is 0. The van der Waals surface area contributed by atoms with E-state index in [1.165, 1.54) is 12.1 Å². The van der Waals surface area contributed by atoms with Crippen LogP contribution >= 0.6 is 46.4 Å². The van der Waals surface area contributed by atoms with Crippen molar-refractivity contribution < 1.29 is 4.74 Å². The predicted octanol–water partition coefficient (Wildman–Crippen LogP) is 5.50. The van der Waals surface area contributed by atoms with Gasteiger partial charge < -0.3 is 4.74 Å². The third kappa shape index (κ3) is 3.23. The number of nitrogens with zero attached hydrogens (tertiary/aromatic N) is 2. The molecule has 0 aliphatic rings. The molecule has 2 rings (SSSR count). The molecule has 3 nitrogen and oxygen atoms in total. The average Bonchev–Trinajstić information content (AvgIpc) is 2.32. The minimum Gasteiger partial charge on any atom is -0.437 e. The van der Waals surface area contributed by atoms with Crippen LogP contribution in [0, 0.1) is 13.8 Å². The van der Waals surface area contributed by atoms with Crippen molar-refractivity contribution >= 4 is 46.4 Å². The molecule has 0 atom stereocenters. The highest BCUT2D eigenvalue weighted by atomic mass is 35.5. The number of halogens is 4. The number of aromatic nitrogens is 2. The lowest BCUT2D eigenvalue weighted by Gasteiger charge is -2.11. The SMILES string of the molecule is Cc1nc(Cl)c(C)c(Oc2cc(Cl)c(Cl)cc2Cl)n1. The summed E-state index contributed by atoms with van der Waals surface area (Å²) < 4.78 is 5.63. The fraction of sp³-hybridized carbons (Fsp3) is 0.167. The van der Waals surface area contributed by atoms with Gasteiger partial charge in [-0.05, 0) is 19.9 Å². The second kappa shape index (κ2) is 5.71. The first-order valence-electron chi connectivity index (χ1n) is 5.21. The minimum atomic E-state index is 0.331. The molecule has 0 aliphatic carbocycles.